The summed E-state index contributed by atoms with van der Waals surface area (Å²) in [5.41, 5.74) is -0.531. The number of benzene rings is 2. The summed E-state index contributed by atoms with van der Waals surface area (Å²) >= 11 is 0. The SMILES string of the molecule is CC(C)(C)OC(=O)N[C@H](Cc1ccccc1)C(=O)N[C@H](Cc1ccccc1)C(=O)NC(CCC(CCF)(CCF)CCF)C(=O)O. The lowest BCUT2D eigenvalue weighted by Gasteiger charge is -2.33. The predicted molar refractivity (Wildman–Crippen MR) is 168 cm³/mol. The number of carbonyl (C=O) groups excluding carboxylic acids is 3. The van der Waals surface area contributed by atoms with E-state index in [1.54, 1.807) is 81.4 Å². The number of alkyl halides is 3. The number of carbonyl (C=O) groups is 4. The average molecular weight is 650 g/mol. The van der Waals surface area contributed by atoms with E-state index in [1.807, 2.05) is 0 Å². The summed E-state index contributed by atoms with van der Waals surface area (Å²) in [7, 11) is 0. The molecule has 254 valence electrons. The molecule has 12 heteroatoms. The molecule has 0 radical (unpaired) electrons. The van der Waals surface area contributed by atoms with Gasteiger partial charge >= 0.3 is 12.1 Å². The molecule has 2 aromatic carbocycles. The van der Waals surface area contributed by atoms with Gasteiger partial charge in [-0.3, -0.25) is 22.8 Å². The number of alkyl carbamates (subject to hydrolysis) is 1. The van der Waals surface area contributed by atoms with Crippen LogP contribution in [0.4, 0.5) is 18.0 Å². The summed E-state index contributed by atoms with van der Waals surface area (Å²) < 4.78 is 45.3. The Kier molecular flexibility index (Phi) is 15.5. The third-order valence-corrected chi connectivity index (χ3v) is 7.66. The standard InChI is InChI=1S/C34H46F3N3O6/c1-33(2,3)46-32(45)40-28(23-25-12-8-5-9-13-25)30(42)39-27(22-24-10-6-4-7-11-24)29(41)38-26(31(43)44)14-15-34(16-19-35,17-20-36)18-21-37/h4-13,26-28H,14-23H2,1-3H3,(H,38,41)(H,39,42)(H,40,45)(H,43,44)/t26?,27-,28-/m1/s1. The van der Waals surface area contributed by atoms with Crippen LogP contribution in [0.3, 0.4) is 0 Å². The molecule has 46 heavy (non-hydrogen) atoms. The molecule has 2 aromatic rings. The van der Waals surface area contributed by atoms with Crippen LogP contribution in [0.25, 0.3) is 0 Å². The van der Waals surface area contributed by atoms with E-state index in [9.17, 15) is 37.5 Å². The van der Waals surface area contributed by atoms with Crippen LogP contribution in [-0.4, -0.2) is 72.7 Å². The summed E-state index contributed by atoms with van der Waals surface area (Å²) in [5, 5.41) is 17.6. The van der Waals surface area contributed by atoms with Gasteiger partial charge in [0.25, 0.3) is 0 Å². The highest BCUT2D eigenvalue weighted by Crippen LogP contribution is 2.37. The number of carboxylic acid groups (broad SMARTS) is 1. The van der Waals surface area contributed by atoms with Gasteiger partial charge in [-0.05, 0) is 69.4 Å². The van der Waals surface area contributed by atoms with Gasteiger partial charge in [-0.1, -0.05) is 60.7 Å². The largest absolute Gasteiger partial charge is 0.480 e. The number of rotatable bonds is 19. The van der Waals surface area contributed by atoms with E-state index in [2.05, 4.69) is 16.0 Å². The van der Waals surface area contributed by atoms with Crippen LogP contribution >= 0.6 is 0 Å². The first kappa shape index (κ1) is 38.1. The first-order valence-electron chi connectivity index (χ1n) is 15.4. The molecular weight excluding hydrogens is 603 g/mol. The van der Waals surface area contributed by atoms with Crippen molar-refractivity contribution in [3.63, 3.8) is 0 Å². The molecule has 0 aliphatic carbocycles. The van der Waals surface area contributed by atoms with E-state index in [0.717, 1.165) is 5.56 Å². The molecule has 0 bridgehead atoms. The van der Waals surface area contributed by atoms with Gasteiger partial charge in [0.05, 0.1) is 20.0 Å². The number of hydrogen-bond acceptors (Lipinski definition) is 5. The minimum atomic E-state index is -1.47. The average Bonchev–Trinajstić information content (AvgIpc) is 2.99. The van der Waals surface area contributed by atoms with Crippen LogP contribution in [-0.2, 0) is 32.0 Å². The lowest BCUT2D eigenvalue weighted by molar-refractivity contribution is -0.142. The summed E-state index contributed by atoms with van der Waals surface area (Å²) in [6.45, 7) is 2.56. The monoisotopic (exact) mass is 649 g/mol. The van der Waals surface area contributed by atoms with Crippen molar-refractivity contribution in [3.05, 3.63) is 71.8 Å². The Balaban J connectivity index is 2.32. The van der Waals surface area contributed by atoms with Crippen molar-refractivity contribution in [1.29, 1.82) is 0 Å². The maximum Gasteiger partial charge on any atom is 0.408 e. The predicted octanol–water partition coefficient (Wildman–Crippen LogP) is 5.26. The molecule has 3 atom stereocenters. The fourth-order valence-electron chi connectivity index (χ4n) is 5.17. The van der Waals surface area contributed by atoms with Gasteiger partial charge in [-0.25, -0.2) is 9.59 Å². The Morgan fingerprint density at radius 1 is 0.674 bits per heavy atom. The third-order valence-electron chi connectivity index (χ3n) is 7.66. The molecule has 2 rings (SSSR count). The first-order valence-corrected chi connectivity index (χ1v) is 15.4. The van der Waals surface area contributed by atoms with Crippen molar-refractivity contribution >= 4 is 23.9 Å². The van der Waals surface area contributed by atoms with E-state index in [1.165, 1.54) is 0 Å². The van der Waals surface area contributed by atoms with Crippen LogP contribution in [0.2, 0.25) is 0 Å². The molecule has 0 saturated heterocycles. The second-order valence-corrected chi connectivity index (χ2v) is 12.4. The first-order chi connectivity index (χ1) is 21.8. The Labute approximate surface area is 268 Å². The zero-order valence-electron chi connectivity index (χ0n) is 26.7. The zero-order chi connectivity index (χ0) is 34.2. The van der Waals surface area contributed by atoms with Crippen LogP contribution < -0.4 is 16.0 Å². The number of halogens is 3. The molecular formula is C34H46F3N3O6. The lowest BCUT2D eigenvalue weighted by atomic mass is 9.74. The molecule has 9 nitrogen and oxygen atoms in total. The second-order valence-electron chi connectivity index (χ2n) is 12.4. The molecule has 0 spiro atoms. The van der Waals surface area contributed by atoms with Crippen LogP contribution in [0.15, 0.2) is 60.7 Å². The normalized spacial score (nSPS) is 13.6. The van der Waals surface area contributed by atoms with Crippen molar-refractivity contribution in [1.82, 2.24) is 16.0 Å². The van der Waals surface area contributed by atoms with Gasteiger partial charge in [-0.2, -0.15) is 0 Å². The maximum absolute atomic E-state index is 13.7. The van der Waals surface area contributed by atoms with Crippen LogP contribution in [0.5, 0.6) is 0 Å². The van der Waals surface area contributed by atoms with Crippen molar-refractivity contribution in [2.45, 2.75) is 89.4 Å². The molecule has 0 heterocycles. The molecule has 0 aliphatic rings. The number of ether oxygens (including phenoxy) is 1. The maximum atomic E-state index is 13.7. The molecule has 0 saturated carbocycles. The van der Waals surface area contributed by atoms with E-state index in [-0.39, 0.29) is 44.9 Å². The van der Waals surface area contributed by atoms with Gasteiger partial charge in [0.2, 0.25) is 11.8 Å². The van der Waals surface area contributed by atoms with Gasteiger partial charge in [0.15, 0.2) is 0 Å². The minimum Gasteiger partial charge on any atom is -0.480 e. The van der Waals surface area contributed by atoms with E-state index in [0.29, 0.717) is 5.56 Å². The molecule has 0 aromatic heterocycles. The Morgan fingerprint density at radius 2 is 1.09 bits per heavy atom. The Bertz CT molecular complexity index is 1230. The highest BCUT2D eigenvalue weighted by molar-refractivity contribution is 5.93. The molecule has 0 aliphatic heterocycles. The molecule has 0 fully saturated rings. The topological polar surface area (TPSA) is 134 Å². The Morgan fingerprint density at radius 3 is 1.48 bits per heavy atom. The fraction of sp³-hybridized carbons (Fsp3) is 0.529. The van der Waals surface area contributed by atoms with Gasteiger partial charge in [0.1, 0.15) is 23.7 Å². The van der Waals surface area contributed by atoms with Crippen molar-refractivity contribution in [2.24, 2.45) is 5.41 Å². The van der Waals surface area contributed by atoms with Crippen molar-refractivity contribution < 1.29 is 42.2 Å². The highest BCUT2D eigenvalue weighted by atomic mass is 19.1. The number of hydrogen-bond donors (Lipinski definition) is 4. The number of carboxylic acids is 1. The van der Waals surface area contributed by atoms with Crippen molar-refractivity contribution in [3.8, 4) is 0 Å². The smallest absolute Gasteiger partial charge is 0.408 e. The minimum absolute atomic E-state index is 0.00919. The quantitative estimate of drug-likeness (QED) is 0.164. The van der Waals surface area contributed by atoms with Gasteiger partial charge in [-0.15, -0.1) is 0 Å². The van der Waals surface area contributed by atoms with Gasteiger partial charge < -0.3 is 25.8 Å². The van der Waals surface area contributed by atoms with Crippen LogP contribution in [0.1, 0.15) is 64.0 Å². The Hall–Kier alpha value is -4.09. The third kappa shape index (κ3) is 13.5. The van der Waals surface area contributed by atoms with E-state index >= 15 is 0 Å². The zero-order valence-corrected chi connectivity index (χ0v) is 26.7. The van der Waals surface area contributed by atoms with Crippen LogP contribution in [0, 0.1) is 5.41 Å². The molecule has 1 unspecified atom stereocenters. The van der Waals surface area contributed by atoms with Gasteiger partial charge in [0, 0.05) is 12.8 Å². The van der Waals surface area contributed by atoms with E-state index < -0.39 is 73.0 Å². The lowest BCUT2D eigenvalue weighted by Crippen LogP contribution is -2.57. The highest BCUT2D eigenvalue weighted by Gasteiger charge is 2.34. The second kappa shape index (κ2) is 18.8. The van der Waals surface area contributed by atoms with Crippen molar-refractivity contribution in [2.75, 3.05) is 20.0 Å². The number of aliphatic carboxylic acids is 1. The molecule has 3 amide bonds. The summed E-state index contributed by atoms with van der Waals surface area (Å²) in [5.74, 6) is -2.90. The number of amides is 3. The summed E-state index contributed by atoms with van der Waals surface area (Å²) in [6, 6.07) is 13.8. The number of nitrogens with one attached hydrogen (secondary N) is 3. The van der Waals surface area contributed by atoms with E-state index in [4.69, 9.17) is 4.74 Å². The molecule has 4 N–H and O–H groups in total. The fourth-order valence-corrected chi connectivity index (χ4v) is 5.17. The summed E-state index contributed by atoms with van der Waals surface area (Å²) in [4.78, 5) is 52.1. The summed E-state index contributed by atoms with van der Waals surface area (Å²) in [6.07, 6.45) is -1.42.